The van der Waals surface area contributed by atoms with E-state index in [1.807, 2.05) is 0 Å². The van der Waals surface area contributed by atoms with Gasteiger partial charge < -0.3 is 10.0 Å². The third kappa shape index (κ3) is 1.95. The normalized spacial score (nSPS) is 25.0. The Morgan fingerprint density at radius 1 is 1.30 bits per heavy atom. The van der Waals surface area contributed by atoms with Gasteiger partial charge in [0, 0.05) is 0 Å². The Hall–Kier alpha value is -1.68. The number of aliphatic hydroxyl groups excluding tert-OH is 1. The summed E-state index contributed by atoms with van der Waals surface area (Å²) in [5.41, 5.74) is 1.43. The largest absolute Gasteiger partial charge is 0.418 e. The molecule has 0 spiro atoms. The predicted molar refractivity (Wildman–Crippen MR) is 65.6 cm³/mol. The molecule has 1 aromatic carbocycles. The Balaban J connectivity index is 2.07. The fraction of sp³-hybridized carbons (Fsp3) is 0.364. The molecule has 2 amide bonds. The summed E-state index contributed by atoms with van der Waals surface area (Å²) in [6.07, 6.45) is 0. The zero-order valence-electron chi connectivity index (χ0n) is 10.2. The smallest absolute Gasteiger partial charge is 0.394 e. The molecular weight excluding hydrogens is 288 g/mol. The van der Waals surface area contributed by atoms with Gasteiger partial charge in [-0.3, -0.25) is 4.55 Å². The number of nitrogens with zero attached hydrogens (tertiary/aromatic N) is 2. The van der Waals surface area contributed by atoms with E-state index in [-0.39, 0.29) is 13.2 Å². The Morgan fingerprint density at radius 3 is 2.55 bits per heavy atom. The van der Waals surface area contributed by atoms with Gasteiger partial charge in [0.05, 0.1) is 19.2 Å². The summed E-state index contributed by atoms with van der Waals surface area (Å²) >= 11 is 0. The summed E-state index contributed by atoms with van der Waals surface area (Å²) in [6, 6.07) is 5.12. The molecule has 108 valence electrons. The second-order valence-electron chi connectivity index (χ2n) is 4.61. The zero-order chi connectivity index (χ0) is 14.5. The van der Waals surface area contributed by atoms with E-state index in [0.717, 1.165) is 5.56 Å². The van der Waals surface area contributed by atoms with E-state index in [1.54, 1.807) is 24.3 Å². The maximum atomic E-state index is 12.1. The molecule has 8 nitrogen and oxygen atoms in total. The van der Waals surface area contributed by atoms with Gasteiger partial charge in [-0.1, -0.05) is 24.3 Å². The van der Waals surface area contributed by atoms with Gasteiger partial charge in [0.1, 0.15) is 6.04 Å². The average molecular weight is 300 g/mol. The lowest BCUT2D eigenvalue weighted by molar-refractivity contribution is -0.0317. The van der Waals surface area contributed by atoms with Gasteiger partial charge in [0.15, 0.2) is 0 Å². The van der Waals surface area contributed by atoms with E-state index in [0.29, 0.717) is 10.6 Å². The molecule has 2 heterocycles. The van der Waals surface area contributed by atoms with Crippen molar-refractivity contribution in [3.8, 4) is 0 Å². The maximum Gasteiger partial charge on any atom is 0.418 e. The lowest BCUT2D eigenvalue weighted by Crippen LogP contribution is -2.36. The van der Waals surface area contributed by atoms with E-state index in [1.165, 1.54) is 4.90 Å². The quantitative estimate of drug-likeness (QED) is 0.775. The summed E-state index contributed by atoms with van der Waals surface area (Å²) < 4.78 is 34.8. The summed E-state index contributed by atoms with van der Waals surface area (Å²) in [4.78, 5) is 13.5. The summed E-state index contributed by atoms with van der Waals surface area (Å²) in [5.74, 6) is 0. The van der Waals surface area contributed by atoms with E-state index in [2.05, 4.69) is 4.28 Å². The van der Waals surface area contributed by atoms with Crippen molar-refractivity contribution in [1.82, 2.24) is 9.96 Å². The van der Waals surface area contributed by atoms with E-state index < -0.39 is 28.5 Å². The predicted octanol–water partition coefficient (Wildman–Crippen LogP) is 0.247. The number of amides is 2. The molecule has 2 aliphatic heterocycles. The lowest BCUT2D eigenvalue weighted by Gasteiger charge is -2.31. The van der Waals surface area contributed by atoms with Crippen LogP contribution in [0.5, 0.6) is 0 Å². The maximum absolute atomic E-state index is 12.1. The van der Waals surface area contributed by atoms with Crippen molar-refractivity contribution < 1.29 is 27.2 Å². The minimum Gasteiger partial charge on any atom is -0.394 e. The highest BCUT2D eigenvalue weighted by Crippen LogP contribution is 2.43. The Morgan fingerprint density at radius 2 is 1.95 bits per heavy atom. The number of rotatable bonds is 3. The molecule has 0 aromatic heterocycles. The standard InChI is InChI=1S/C11H12N2O6S/c14-6-10-8-4-2-1-3-7(8)9-5-12(10)11(15)13(9)19-20(16,17)18/h1-4,9-10,14H,5-6H2,(H,16,17,18)/t9-,10-/m0/s1. The molecule has 0 saturated carbocycles. The van der Waals surface area contributed by atoms with E-state index >= 15 is 0 Å². The second kappa shape index (κ2) is 4.42. The summed E-state index contributed by atoms with van der Waals surface area (Å²) in [5, 5.41) is 10.1. The summed E-state index contributed by atoms with van der Waals surface area (Å²) in [7, 11) is -4.79. The average Bonchev–Trinajstić information content (AvgIpc) is 2.65. The molecule has 1 fully saturated rings. The van der Waals surface area contributed by atoms with Crippen LogP contribution in [0.1, 0.15) is 23.2 Å². The third-order valence-electron chi connectivity index (χ3n) is 3.52. The highest BCUT2D eigenvalue weighted by molar-refractivity contribution is 7.80. The molecule has 9 heteroatoms. The first-order valence-electron chi connectivity index (χ1n) is 5.89. The van der Waals surface area contributed by atoms with Gasteiger partial charge in [-0.25, -0.2) is 4.79 Å². The van der Waals surface area contributed by atoms with Crippen LogP contribution in [0.4, 0.5) is 4.79 Å². The number of benzene rings is 1. The molecule has 0 radical (unpaired) electrons. The van der Waals surface area contributed by atoms with Gasteiger partial charge in [0.25, 0.3) is 0 Å². The van der Waals surface area contributed by atoms with Crippen LogP contribution in [0.15, 0.2) is 24.3 Å². The van der Waals surface area contributed by atoms with E-state index in [4.69, 9.17) is 4.55 Å². The molecule has 1 aromatic rings. The molecule has 1 saturated heterocycles. The number of hydrogen-bond acceptors (Lipinski definition) is 5. The Bertz CT molecular complexity index is 661. The van der Waals surface area contributed by atoms with Crippen molar-refractivity contribution in [2.24, 2.45) is 0 Å². The molecule has 2 aliphatic rings. The Kier molecular flexibility index (Phi) is 2.94. The minimum atomic E-state index is -4.79. The molecule has 0 aliphatic carbocycles. The van der Waals surface area contributed by atoms with Crippen molar-refractivity contribution >= 4 is 16.4 Å². The number of hydrogen-bond donors (Lipinski definition) is 2. The monoisotopic (exact) mass is 300 g/mol. The van der Waals surface area contributed by atoms with Crippen LogP contribution in [0.2, 0.25) is 0 Å². The molecule has 0 unspecified atom stereocenters. The minimum absolute atomic E-state index is 0.191. The summed E-state index contributed by atoms with van der Waals surface area (Å²) in [6.45, 7) is -0.0915. The Labute approximate surface area is 115 Å². The zero-order valence-corrected chi connectivity index (χ0v) is 11.0. The molecule has 2 N–H and O–H groups in total. The van der Waals surface area contributed by atoms with Crippen molar-refractivity contribution in [3.05, 3.63) is 35.4 Å². The number of hydroxylamine groups is 2. The lowest BCUT2D eigenvalue weighted by atomic mass is 9.91. The number of fused-ring (bicyclic) bond motifs is 4. The van der Waals surface area contributed by atoms with Crippen LogP contribution >= 0.6 is 0 Å². The fourth-order valence-electron chi connectivity index (χ4n) is 2.75. The molecular formula is C11H12N2O6S. The highest BCUT2D eigenvalue weighted by atomic mass is 32.3. The van der Waals surface area contributed by atoms with Gasteiger partial charge in [0.2, 0.25) is 0 Å². The first kappa shape index (κ1) is 13.3. The fourth-order valence-corrected chi connectivity index (χ4v) is 3.12. The van der Waals surface area contributed by atoms with Gasteiger partial charge in [-0.05, 0) is 11.1 Å². The SMILES string of the molecule is O=C1N2C[C@@H](c3ccccc3[C@@H]2CO)N1OS(=O)(=O)O. The van der Waals surface area contributed by atoms with Gasteiger partial charge in [-0.2, -0.15) is 13.5 Å². The van der Waals surface area contributed by atoms with Crippen molar-refractivity contribution in [2.75, 3.05) is 13.2 Å². The third-order valence-corrected chi connectivity index (χ3v) is 3.87. The number of urea groups is 1. The van der Waals surface area contributed by atoms with E-state index in [9.17, 15) is 18.3 Å². The molecule has 2 bridgehead atoms. The van der Waals surface area contributed by atoms with Crippen molar-refractivity contribution in [3.63, 3.8) is 0 Å². The van der Waals surface area contributed by atoms with Crippen LogP contribution in [-0.2, 0) is 14.7 Å². The molecule has 2 atom stereocenters. The second-order valence-corrected chi connectivity index (χ2v) is 5.61. The van der Waals surface area contributed by atoms with Gasteiger partial charge in [-0.15, -0.1) is 4.28 Å². The topological polar surface area (TPSA) is 107 Å². The molecule has 20 heavy (non-hydrogen) atoms. The van der Waals surface area contributed by atoms with Crippen molar-refractivity contribution in [2.45, 2.75) is 12.1 Å². The number of carbonyl (C=O) groups is 1. The number of carbonyl (C=O) groups excluding carboxylic acids is 1. The van der Waals surface area contributed by atoms with Crippen LogP contribution in [0.25, 0.3) is 0 Å². The van der Waals surface area contributed by atoms with Crippen LogP contribution in [0.3, 0.4) is 0 Å². The van der Waals surface area contributed by atoms with Crippen molar-refractivity contribution in [1.29, 1.82) is 0 Å². The molecule has 3 rings (SSSR count). The first-order valence-corrected chi connectivity index (χ1v) is 7.25. The highest BCUT2D eigenvalue weighted by Gasteiger charge is 2.49. The number of aliphatic hydroxyl groups is 1. The van der Waals surface area contributed by atoms with Crippen LogP contribution in [0, 0.1) is 0 Å². The van der Waals surface area contributed by atoms with Crippen LogP contribution in [-0.4, -0.2) is 47.2 Å². The van der Waals surface area contributed by atoms with Crippen LogP contribution < -0.4 is 0 Å². The first-order chi connectivity index (χ1) is 9.42. The van der Waals surface area contributed by atoms with Gasteiger partial charge >= 0.3 is 16.4 Å².